The highest BCUT2D eigenvalue weighted by molar-refractivity contribution is 5.77. The summed E-state index contributed by atoms with van der Waals surface area (Å²) in [5.74, 6) is 0.579. The van der Waals surface area contributed by atoms with E-state index in [0.717, 1.165) is 23.4 Å². The van der Waals surface area contributed by atoms with Crippen LogP contribution in [0.3, 0.4) is 0 Å². The quantitative estimate of drug-likeness (QED) is 0.890. The number of nitrogen functional groups attached to an aromatic ring is 1. The summed E-state index contributed by atoms with van der Waals surface area (Å²) in [6.45, 7) is 13.7. The minimum atomic E-state index is 0.124. The molecular weight excluding hydrogens is 226 g/mol. The van der Waals surface area contributed by atoms with Gasteiger partial charge in [-0.3, -0.25) is 4.57 Å². The normalized spacial score (nSPS) is 14.3. The zero-order valence-electron chi connectivity index (χ0n) is 12.2. The van der Waals surface area contributed by atoms with Crippen LogP contribution in [0.1, 0.15) is 46.4 Å². The minimum Gasteiger partial charge on any atom is -0.369 e. The second-order valence-electron chi connectivity index (χ2n) is 5.96. The molecule has 18 heavy (non-hydrogen) atoms. The molecule has 0 saturated heterocycles. The molecule has 0 fully saturated rings. The monoisotopic (exact) mass is 249 g/mol. The Morgan fingerprint density at radius 2 is 1.94 bits per heavy atom. The molecule has 5 nitrogen and oxygen atoms in total. The summed E-state index contributed by atoms with van der Waals surface area (Å²) in [6.07, 6.45) is 0. The van der Waals surface area contributed by atoms with Crippen LogP contribution in [0.15, 0.2) is 0 Å². The number of fused-ring (bicyclic) bond motifs is 1. The lowest BCUT2D eigenvalue weighted by atomic mass is 9.88. The van der Waals surface area contributed by atoms with Crippen molar-refractivity contribution in [3.05, 3.63) is 5.69 Å². The molecule has 2 aromatic rings. The summed E-state index contributed by atoms with van der Waals surface area (Å²) >= 11 is 0. The lowest BCUT2D eigenvalue weighted by Gasteiger charge is -2.29. The van der Waals surface area contributed by atoms with E-state index in [1.807, 2.05) is 11.6 Å². The lowest BCUT2D eigenvalue weighted by molar-refractivity contribution is 0.267. The molecule has 0 aliphatic carbocycles. The van der Waals surface area contributed by atoms with Gasteiger partial charge in [0.25, 0.3) is 0 Å². The summed E-state index contributed by atoms with van der Waals surface area (Å²) in [5, 5.41) is 4.51. The van der Waals surface area contributed by atoms with Crippen LogP contribution in [0, 0.1) is 12.3 Å². The SMILES string of the molecule is CCn1nc(C)c2nc(N)n(C(C)C(C)(C)C)c21. The number of aromatic nitrogens is 4. The van der Waals surface area contributed by atoms with E-state index < -0.39 is 0 Å². The van der Waals surface area contributed by atoms with Crippen LogP contribution in [0.2, 0.25) is 0 Å². The van der Waals surface area contributed by atoms with E-state index in [-0.39, 0.29) is 11.5 Å². The number of hydrogen-bond donors (Lipinski definition) is 1. The first-order chi connectivity index (χ1) is 8.27. The average Bonchev–Trinajstić information content (AvgIpc) is 2.74. The second kappa shape index (κ2) is 4.00. The van der Waals surface area contributed by atoms with E-state index in [1.165, 1.54) is 0 Å². The first-order valence-corrected chi connectivity index (χ1v) is 6.48. The van der Waals surface area contributed by atoms with Gasteiger partial charge in [-0.25, -0.2) is 9.67 Å². The molecule has 1 atom stereocenters. The third kappa shape index (κ3) is 1.78. The predicted molar refractivity (Wildman–Crippen MR) is 74.5 cm³/mol. The maximum atomic E-state index is 6.10. The Hall–Kier alpha value is -1.52. The molecule has 0 radical (unpaired) electrons. The average molecular weight is 249 g/mol. The first-order valence-electron chi connectivity index (χ1n) is 6.48. The Morgan fingerprint density at radius 3 is 2.44 bits per heavy atom. The standard InChI is InChI=1S/C13H23N5/c1-7-17-11-10(8(2)16-17)15-12(14)18(11)9(3)13(4,5)6/h9H,7H2,1-6H3,(H2,14,15). The molecule has 0 amide bonds. The van der Waals surface area contributed by atoms with Crippen molar-refractivity contribution in [2.24, 2.45) is 5.41 Å². The van der Waals surface area contributed by atoms with Gasteiger partial charge >= 0.3 is 0 Å². The van der Waals surface area contributed by atoms with Crippen LogP contribution in [0.5, 0.6) is 0 Å². The Kier molecular flexibility index (Phi) is 2.87. The van der Waals surface area contributed by atoms with Crippen molar-refractivity contribution in [3.63, 3.8) is 0 Å². The maximum absolute atomic E-state index is 6.10. The fourth-order valence-corrected chi connectivity index (χ4v) is 2.20. The highest BCUT2D eigenvalue weighted by Crippen LogP contribution is 2.35. The van der Waals surface area contributed by atoms with E-state index >= 15 is 0 Å². The minimum absolute atomic E-state index is 0.124. The molecule has 2 heterocycles. The van der Waals surface area contributed by atoms with Crippen molar-refractivity contribution in [3.8, 4) is 0 Å². The van der Waals surface area contributed by atoms with Crippen molar-refractivity contribution in [2.45, 2.75) is 54.1 Å². The molecule has 0 aliphatic rings. The topological polar surface area (TPSA) is 61.7 Å². The number of hydrogen-bond acceptors (Lipinski definition) is 3. The number of rotatable bonds is 2. The van der Waals surface area contributed by atoms with Gasteiger partial charge in [0.05, 0.1) is 5.69 Å². The molecule has 2 rings (SSSR count). The van der Waals surface area contributed by atoms with E-state index in [2.05, 4.69) is 49.3 Å². The molecule has 0 spiro atoms. The lowest BCUT2D eigenvalue weighted by Crippen LogP contribution is -2.24. The van der Waals surface area contributed by atoms with Gasteiger partial charge in [-0.1, -0.05) is 20.8 Å². The van der Waals surface area contributed by atoms with Gasteiger partial charge in [-0.2, -0.15) is 5.10 Å². The summed E-state index contributed by atoms with van der Waals surface area (Å²) < 4.78 is 4.09. The van der Waals surface area contributed by atoms with E-state index in [0.29, 0.717) is 5.95 Å². The van der Waals surface area contributed by atoms with Crippen molar-refractivity contribution in [1.29, 1.82) is 0 Å². The molecule has 0 bridgehead atoms. The molecule has 1 unspecified atom stereocenters. The molecule has 2 aromatic heterocycles. The number of anilines is 1. The molecule has 0 aromatic carbocycles. The molecule has 0 aliphatic heterocycles. The third-order valence-electron chi connectivity index (χ3n) is 3.71. The summed E-state index contributed by atoms with van der Waals surface area (Å²) in [6, 6.07) is 0.267. The van der Waals surface area contributed by atoms with Gasteiger partial charge in [-0.15, -0.1) is 0 Å². The smallest absolute Gasteiger partial charge is 0.202 e. The van der Waals surface area contributed by atoms with Crippen molar-refractivity contribution in [1.82, 2.24) is 19.3 Å². The van der Waals surface area contributed by atoms with E-state index in [4.69, 9.17) is 5.73 Å². The summed E-state index contributed by atoms with van der Waals surface area (Å²) in [4.78, 5) is 4.47. The molecule has 0 saturated carbocycles. The van der Waals surface area contributed by atoms with Crippen LogP contribution in [0.4, 0.5) is 5.95 Å². The van der Waals surface area contributed by atoms with Crippen molar-refractivity contribution >= 4 is 17.1 Å². The van der Waals surface area contributed by atoms with Crippen LogP contribution in [-0.2, 0) is 6.54 Å². The number of imidazole rings is 1. The van der Waals surface area contributed by atoms with Gasteiger partial charge in [0, 0.05) is 12.6 Å². The van der Waals surface area contributed by atoms with E-state index in [9.17, 15) is 0 Å². The van der Waals surface area contributed by atoms with Gasteiger partial charge in [0.1, 0.15) is 5.52 Å². The number of nitrogens with two attached hydrogens (primary N) is 1. The Bertz CT molecular complexity index is 570. The second-order valence-corrected chi connectivity index (χ2v) is 5.96. The van der Waals surface area contributed by atoms with Gasteiger partial charge in [0.15, 0.2) is 5.65 Å². The van der Waals surface area contributed by atoms with E-state index in [1.54, 1.807) is 0 Å². The first kappa shape index (κ1) is 12.9. The van der Waals surface area contributed by atoms with Crippen LogP contribution in [0.25, 0.3) is 11.2 Å². The van der Waals surface area contributed by atoms with Gasteiger partial charge in [-0.05, 0) is 26.2 Å². The van der Waals surface area contributed by atoms with Gasteiger partial charge in [0.2, 0.25) is 5.95 Å². The molecule has 2 N–H and O–H groups in total. The largest absolute Gasteiger partial charge is 0.369 e. The molecule has 5 heteroatoms. The Labute approximate surface area is 108 Å². The number of nitrogens with zero attached hydrogens (tertiary/aromatic N) is 4. The molecule has 100 valence electrons. The number of aryl methyl sites for hydroxylation is 2. The van der Waals surface area contributed by atoms with Crippen LogP contribution in [-0.4, -0.2) is 19.3 Å². The maximum Gasteiger partial charge on any atom is 0.202 e. The Balaban J connectivity index is 2.73. The Morgan fingerprint density at radius 1 is 1.33 bits per heavy atom. The van der Waals surface area contributed by atoms with Crippen molar-refractivity contribution in [2.75, 3.05) is 5.73 Å². The molecular formula is C13H23N5. The van der Waals surface area contributed by atoms with Crippen LogP contribution < -0.4 is 5.73 Å². The summed E-state index contributed by atoms with van der Waals surface area (Å²) in [5.41, 5.74) is 9.12. The fourth-order valence-electron chi connectivity index (χ4n) is 2.20. The van der Waals surface area contributed by atoms with Crippen molar-refractivity contribution < 1.29 is 0 Å². The van der Waals surface area contributed by atoms with Gasteiger partial charge < -0.3 is 5.73 Å². The summed E-state index contributed by atoms with van der Waals surface area (Å²) in [7, 11) is 0. The highest BCUT2D eigenvalue weighted by Gasteiger charge is 2.27. The fraction of sp³-hybridized carbons (Fsp3) is 0.692. The third-order valence-corrected chi connectivity index (χ3v) is 3.71. The zero-order valence-corrected chi connectivity index (χ0v) is 12.2. The zero-order chi connectivity index (χ0) is 13.7. The highest BCUT2D eigenvalue weighted by atomic mass is 15.4. The predicted octanol–water partition coefficient (Wildman–Crippen LogP) is 2.75. The van der Waals surface area contributed by atoms with Crippen LogP contribution >= 0.6 is 0 Å².